The van der Waals surface area contributed by atoms with Gasteiger partial charge in [0.15, 0.2) is 0 Å². The standard InChI is InChI=1S/C13H17N3O2/c1-3-15(6-7-17)13(18)11-4-5-16-9-10(2)14-12(16)8-11/h4-5,8-9,17H,3,6-7H2,1-2H3. The number of aromatic nitrogens is 2. The number of rotatable bonds is 4. The minimum absolute atomic E-state index is 0.0235. The number of aryl methyl sites for hydroxylation is 1. The molecular formula is C13H17N3O2. The zero-order valence-corrected chi connectivity index (χ0v) is 10.6. The van der Waals surface area contributed by atoms with E-state index in [4.69, 9.17) is 5.11 Å². The molecule has 0 saturated carbocycles. The Kier molecular flexibility index (Phi) is 3.62. The molecule has 5 nitrogen and oxygen atoms in total. The average Bonchev–Trinajstić information content (AvgIpc) is 2.74. The molecule has 0 radical (unpaired) electrons. The second-order valence-corrected chi connectivity index (χ2v) is 4.17. The predicted molar refractivity (Wildman–Crippen MR) is 68.6 cm³/mol. The van der Waals surface area contributed by atoms with Gasteiger partial charge in [0, 0.05) is 31.0 Å². The van der Waals surface area contributed by atoms with Crippen molar-refractivity contribution in [3.05, 3.63) is 35.8 Å². The van der Waals surface area contributed by atoms with Crippen LogP contribution >= 0.6 is 0 Å². The molecule has 2 heterocycles. The Morgan fingerprint density at radius 2 is 2.33 bits per heavy atom. The van der Waals surface area contributed by atoms with Crippen LogP contribution in [0.4, 0.5) is 0 Å². The second kappa shape index (κ2) is 5.18. The van der Waals surface area contributed by atoms with E-state index in [1.165, 1.54) is 0 Å². The largest absolute Gasteiger partial charge is 0.395 e. The number of likely N-dealkylation sites (N-methyl/N-ethyl adjacent to an activating group) is 1. The number of pyridine rings is 1. The molecular weight excluding hydrogens is 230 g/mol. The van der Waals surface area contributed by atoms with E-state index in [1.54, 1.807) is 17.0 Å². The quantitative estimate of drug-likeness (QED) is 0.880. The molecule has 0 saturated heterocycles. The van der Waals surface area contributed by atoms with Crippen molar-refractivity contribution in [1.29, 1.82) is 0 Å². The summed E-state index contributed by atoms with van der Waals surface area (Å²) in [5, 5.41) is 8.93. The number of aliphatic hydroxyl groups is 1. The van der Waals surface area contributed by atoms with Gasteiger partial charge < -0.3 is 14.4 Å². The van der Waals surface area contributed by atoms with E-state index >= 15 is 0 Å². The molecule has 0 atom stereocenters. The molecule has 96 valence electrons. The summed E-state index contributed by atoms with van der Waals surface area (Å²) in [7, 11) is 0. The van der Waals surface area contributed by atoms with Crippen molar-refractivity contribution in [2.45, 2.75) is 13.8 Å². The van der Waals surface area contributed by atoms with Crippen LogP contribution in [-0.4, -0.2) is 45.0 Å². The van der Waals surface area contributed by atoms with Gasteiger partial charge in [-0.3, -0.25) is 4.79 Å². The van der Waals surface area contributed by atoms with Crippen molar-refractivity contribution in [2.24, 2.45) is 0 Å². The summed E-state index contributed by atoms with van der Waals surface area (Å²) < 4.78 is 1.88. The zero-order valence-electron chi connectivity index (χ0n) is 10.6. The molecule has 0 aliphatic rings. The molecule has 0 aromatic carbocycles. The van der Waals surface area contributed by atoms with Crippen LogP contribution in [0.25, 0.3) is 5.65 Å². The fourth-order valence-electron chi connectivity index (χ4n) is 1.95. The fraction of sp³-hybridized carbons (Fsp3) is 0.385. The van der Waals surface area contributed by atoms with E-state index in [2.05, 4.69) is 4.98 Å². The maximum Gasteiger partial charge on any atom is 0.254 e. The molecule has 0 fully saturated rings. The van der Waals surface area contributed by atoms with Crippen molar-refractivity contribution in [2.75, 3.05) is 19.7 Å². The highest BCUT2D eigenvalue weighted by Crippen LogP contribution is 2.10. The van der Waals surface area contributed by atoms with Gasteiger partial charge in [0.25, 0.3) is 5.91 Å². The van der Waals surface area contributed by atoms with Crippen LogP contribution in [0.15, 0.2) is 24.5 Å². The van der Waals surface area contributed by atoms with Gasteiger partial charge >= 0.3 is 0 Å². The Labute approximate surface area is 106 Å². The van der Waals surface area contributed by atoms with Crippen LogP contribution in [0.1, 0.15) is 23.0 Å². The molecule has 1 N–H and O–H groups in total. The minimum Gasteiger partial charge on any atom is -0.395 e. The van der Waals surface area contributed by atoms with Crippen molar-refractivity contribution >= 4 is 11.6 Å². The van der Waals surface area contributed by atoms with E-state index in [9.17, 15) is 4.79 Å². The molecule has 0 aliphatic carbocycles. The van der Waals surface area contributed by atoms with Crippen molar-refractivity contribution in [3.63, 3.8) is 0 Å². The van der Waals surface area contributed by atoms with Crippen molar-refractivity contribution < 1.29 is 9.90 Å². The van der Waals surface area contributed by atoms with Crippen LogP contribution in [0, 0.1) is 6.92 Å². The third-order valence-corrected chi connectivity index (χ3v) is 2.87. The monoisotopic (exact) mass is 247 g/mol. The third-order valence-electron chi connectivity index (χ3n) is 2.87. The molecule has 0 aliphatic heterocycles. The maximum atomic E-state index is 12.2. The van der Waals surface area contributed by atoms with Crippen LogP contribution in [0.3, 0.4) is 0 Å². The Morgan fingerprint density at radius 1 is 1.56 bits per heavy atom. The minimum atomic E-state index is -0.0743. The molecule has 1 amide bonds. The molecule has 0 unspecified atom stereocenters. The summed E-state index contributed by atoms with van der Waals surface area (Å²) in [6, 6.07) is 3.55. The van der Waals surface area contributed by atoms with Crippen molar-refractivity contribution in [3.8, 4) is 0 Å². The number of carbonyl (C=O) groups excluding carboxylic acids is 1. The second-order valence-electron chi connectivity index (χ2n) is 4.17. The Morgan fingerprint density at radius 3 is 3.00 bits per heavy atom. The molecule has 2 rings (SSSR count). The van der Waals surface area contributed by atoms with Crippen molar-refractivity contribution in [1.82, 2.24) is 14.3 Å². The summed E-state index contributed by atoms with van der Waals surface area (Å²) in [4.78, 5) is 18.1. The smallest absolute Gasteiger partial charge is 0.254 e. The molecule has 0 bridgehead atoms. The third kappa shape index (κ3) is 2.36. The number of hydrogen-bond acceptors (Lipinski definition) is 3. The van der Waals surface area contributed by atoms with Gasteiger partial charge in [-0.15, -0.1) is 0 Å². The highest BCUT2D eigenvalue weighted by Gasteiger charge is 2.14. The SMILES string of the molecule is CCN(CCO)C(=O)c1ccn2cc(C)nc2c1. The number of nitrogens with zero attached hydrogens (tertiary/aromatic N) is 3. The predicted octanol–water partition coefficient (Wildman–Crippen LogP) is 1.10. The van der Waals surface area contributed by atoms with Crippen LogP contribution in [0.2, 0.25) is 0 Å². The number of carbonyl (C=O) groups is 1. The van der Waals surface area contributed by atoms with Gasteiger partial charge in [0.05, 0.1) is 12.3 Å². The van der Waals surface area contributed by atoms with Crippen LogP contribution < -0.4 is 0 Å². The van der Waals surface area contributed by atoms with E-state index in [1.807, 2.05) is 30.6 Å². The lowest BCUT2D eigenvalue weighted by molar-refractivity contribution is 0.0732. The molecule has 2 aromatic rings. The summed E-state index contributed by atoms with van der Waals surface area (Å²) >= 11 is 0. The topological polar surface area (TPSA) is 57.8 Å². The average molecular weight is 247 g/mol. The van der Waals surface area contributed by atoms with Gasteiger partial charge in [0.2, 0.25) is 0 Å². The molecule has 18 heavy (non-hydrogen) atoms. The summed E-state index contributed by atoms with van der Waals surface area (Å²) in [5.41, 5.74) is 2.28. The Balaban J connectivity index is 2.32. The number of hydrogen-bond donors (Lipinski definition) is 1. The molecule has 2 aromatic heterocycles. The van der Waals surface area contributed by atoms with Gasteiger partial charge in [-0.1, -0.05) is 0 Å². The highest BCUT2D eigenvalue weighted by molar-refractivity contribution is 5.95. The number of fused-ring (bicyclic) bond motifs is 1. The molecule has 5 heteroatoms. The lowest BCUT2D eigenvalue weighted by atomic mass is 10.2. The highest BCUT2D eigenvalue weighted by atomic mass is 16.3. The van der Waals surface area contributed by atoms with Gasteiger partial charge in [0.1, 0.15) is 5.65 Å². The normalized spacial score (nSPS) is 10.8. The first-order chi connectivity index (χ1) is 8.65. The summed E-state index contributed by atoms with van der Waals surface area (Å²) in [6.45, 7) is 4.72. The van der Waals surface area contributed by atoms with Gasteiger partial charge in [-0.2, -0.15) is 0 Å². The first-order valence-electron chi connectivity index (χ1n) is 6.01. The summed E-state index contributed by atoms with van der Waals surface area (Å²) in [5.74, 6) is -0.0743. The lowest BCUT2D eigenvalue weighted by Crippen LogP contribution is -2.33. The fourth-order valence-corrected chi connectivity index (χ4v) is 1.95. The van der Waals surface area contributed by atoms with Crippen LogP contribution in [0.5, 0.6) is 0 Å². The lowest BCUT2D eigenvalue weighted by Gasteiger charge is -2.19. The zero-order chi connectivity index (χ0) is 13.1. The first kappa shape index (κ1) is 12.6. The Hall–Kier alpha value is -1.88. The number of imidazole rings is 1. The van der Waals surface area contributed by atoms with E-state index in [0.29, 0.717) is 18.7 Å². The van der Waals surface area contributed by atoms with E-state index in [0.717, 1.165) is 11.3 Å². The number of aliphatic hydroxyl groups excluding tert-OH is 1. The Bertz CT molecular complexity index is 562. The van der Waals surface area contributed by atoms with Gasteiger partial charge in [-0.25, -0.2) is 4.98 Å². The molecule has 0 spiro atoms. The van der Waals surface area contributed by atoms with Gasteiger partial charge in [-0.05, 0) is 26.0 Å². The van der Waals surface area contributed by atoms with E-state index < -0.39 is 0 Å². The van der Waals surface area contributed by atoms with E-state index in [-0.39, 0.29) is 12.5 Å². The van der Waals surface area contributed by atoms with Crippen LogP contribution in [-0.2, 0) is 0 Å². The first-order valence-corrected chi connectivity index (χ1v) is 6.01. The summed E-state index contributed by atoms with van der Waals surface area (Å²) in [6.07, 6.45) is 3.74. The number of amides is 1. The maximum absolute atomic E-state index is 12.2.